The van der Waals surface area contributed by atoms with Gasteiger partial charge in [0.05, 0.1) is 13.3 Å². The monoisotopic (exact) mass is 669 g/mol. The van der Waals surface area contributed by atoms with Crippen LogP contribution in [0.1, 0.15) is 115 Å². The average Bonchev–Trinajstić information content (AvgIpc) is 3.63. The van der Waals surface area contributed by atoms with Crippen molar-refractivity contribution in [1.29, 1.82) is 0 Å². The van der Waals surface area contributed by atoms with Crippen LogP contribution in [0.3, 0.4) is 0 Å². The summed E-state index contributed by atoms with van der Waals surface area (Å²) in [5.41, 5.74) is 4.92. The first-order valence-corrected chi connectivity index (χ1v) is 18.6. The van der Waals surface area contributed by atoms with Gasteiger partial charge in [0.25, 0.3) is 0 Å². The molecule has 2 amide bonds. The van der Waals surface area contributed by atoms with Crippen LogP contribution in [0.4, 0.5) is 10.6 Å². The van der Waals surface area contributed by atoms with Crippen LogP contribution in [-0.4, -0.2) is 53.1 Å². The number of benzene rings is 1. The van der Waals surface area contributed by atoms with E-state index >= 15 is 0 Å². The van der Waals surface area contributed by atoms with Crippen LogP contribution in [-0.2, 0) is 14.9 Å². The van der Waals surface area contributed by atoms with Crippen molar-refractivity contribution in [3.05, 3.63) is 60.0 Å². The minimum absolute atomic E-state index is 0.0655. The molecule has 2 aromatic heterocycles. The lowest BCUT2D eigenvalue weighted by Gasteiger charge is -2.55. The third-order valence-corrected chi connectivity index (χ3v) is 11.8. The smallest absolute Gasteiger partial charge is 0.407 e. The summed E-state index contributed by atoms with van der Waals surface area (Å²) < 4.78 is 13.2. The lowest BCUT2D eigenvalue weighted by molar-refractivity contribution is -0.124. The number of hydrogen-bond donors (Lipinski definition) is 1. The summed E-state index contributed by atoms with van der Waals surface area (Å²) in [5, 5.41) is 7.42. The summed E-state index contributed by atoms with van der Waals surface area (Å²) in [6.45, 7) is 9.78. The van der Waals surface area contributed by atoms with Gasteiger partial charge in [0.15, 0.2) is 0 Å². The third-order valence-electron chi connectivity index (χ3n) is 11.8. The summed E-state index contributed by atoms with van der Waals surface area (Å²) in [6.07, 6.45) is 16.7. The molecule has 9 heteroatoms. The van der Waals surface area contributed by atoms with Crippen molar-refractivity contribution in [2.24, 2.45) is 11.3 Å². The van der Waals surface area contributed by atoms with Crippen molar-refractivity contribution in [2.75, 3.05) is 25.1 Å². The predicted molar refractivity (Wildman–Crippen MR) is 193 cm³/mol. The standard InChI is InChI=1S/C40H55N5O4/c1-6-7-21-42-38(47)49-34-11-8-30(9-12-34)37(46)44(36-24-31(14-22-41-36)32-25-43-45(26-32)28(2)3)27-39-15-18-40(19-16-39,20-17-39)33-10-13-35(48-5)29(4)23-33/h10,13-14,22-26,28,30,34H,6-9,11-12,15-21,27H2,1-5H3,(H,42,47). The number of pyridine rings is 1. The van der Waals surface area contributed by atoms with E-state index in [4.69, 9.17) is 14.5 Å². The number of fused-ring (bicyclic) bond motifs is 3. The highest BCUT2D eigenvalue weighted by Crippen LogP contribution is 2.58. The number of amides is 2. The molecular weight excluding hydrogens is 614 g/mol. The molecule has 2 heterocycles. The number of aryl methyl sites for hydroxylation is 1. The normalized spacial score (nSPS) is 24.9. The van der Waals surface area contributed by atoms with Crippen molar-refractivity contribution in [2.45, 2.75) is 122 Å². The second kappa shape index (κ2) is 14.9. The van der Waals surface area contributed by atoms with Crippen molar-refractivity contribution >= 4 is 17.8 Å². The summed E-state index contributed by atoms with van der Waals surface area (Å²) in [5.74, 6) is 1.69. The van der Waals surface area contributed by atoms with Crippen molar-refractivity contribution in [1.82, 2.24) is 20.1 Å². The Labute approximate surface area is 292 Å². The highest BCUT2D eigenvalue weighted by molar-refractivity contribution is 5.95. The maximum atomic E-state index is 14.6. The maximum absolute atomic E-state index is 14.6. The molecule has 0 spiro atoms. The zero-order valence-electron chi connectivity index (χ0n) is 30.2. The molecule has 1 aromatic carbocycles. The topological polar surface area (TPSA) is 98.6 Å². The molecule has 49 heavy (non-hydrogen) atoms. The number of hydrogen-bond acceptors (Lipinski definition) is 6. The molecule has 4 saturated carbocycles. The number of unbranched alkanes of at least 4 members (excludes halogenated alkanes) is 1. The molecule has 0 atom stereocenters. The number of rotatable bonds is 12. The molecule has 4 aliphatic rings. The molecule has 0 radical (unpaired) electrons. The van der Waals surface area contributed by atoms with Crippen molar-refractivity contribution in [3.8, 4) is 16.9 Å². The van der Waals surface area contributed by atoms with Gasteiger partial charge in [-0.15, -0.1) is 0 Å². The number of nitrogens with one attached hydrogen (secondary N) is 1. The largest absolute Gasteiger partial charge is 0.496 e. The number of nitrogens with zero attached hydrogens (tertiary/aromatic N) is 4. The average molecular weight is 670 g/mol. The first-order chi connectivity index (χ1) is 23.6. The van der Waals surface area contributed by atoms with E-state index in [2.05, 4.69) is 68.6 Å². The Morgan fingerprint density at radius 2 is 1.76 bits per heavy atom. The highest BCUT2D eigenvalue weighted by Gasteiger charge is 2.51. The Bertz CT molecular complexity index is 1580. The summed E-state index contributed by atoms with van der Waals surface area (Å²) in [7, 11) is 1.74. The van der Waals surface area contributed by atoms with E-state index in [-0.39, 0.29) is 40.9 Å². The minimum Gasteiger partial charge on any atom is -0.496 e. The summed E-state index contributed by atoms with van der Waals surface area (Å²) >= 11 is 0. The Hall–Kier alpha value is -3.88. The molecule has 7 rings (SSSR count). The van der Waals surface area contributed by atoms with Gasteiger partial charge in [-0.1, -0.05) is 25.5 Å². The van der Waals surface area contributed by atoms with Gasteiger partial charge in [-0.2, -0.15) is 5.10 Å². The van der Waals surface area contributed by atoms with E-state index in [1.165, 1.54) is 11.1 Å². The molecule has 1 N–H and O–H groups in total. The Morgan fingerprint density at radius 3 is 2.39 bits per heavy atom. The van der Waals surface area contributed by atoms with Gasteiger partial charge in [-0.25, -0.2) is 9.78 Å². The van der Waals surface area contributed by atoms with E-state index in [0.29, 0.717) is 38.8 Å². The second-order valence-corrected chi connectivity index (χ2v) is 15.3. The maximum Gasteiger partial charge on any atom is 0.407 e. The van der Waals surface area contributed by atoms with Crippen LogP contribution in [0.2, 0.25) is 0 Å². The van der Waals surface area contributed by atoms with Crippen LogP contribution in [0.25, 0.3) is 11.1 Å². The van der Waals surface area contributed by atoms with E-state index in [9.17, 15) is 9.59 Å². The molecule has 0 aliphatic heterocycles. The number of alkyl carbamates (subject to hydrolysis) is 1. The van der Waals surface area contributed by atoms with Gasteiger partial charge in [0.2, 0.25) is 5.91 Å². The fourth-order valence-corrected chi connectivity index (χ4v) is 8.47. The molecule has 9 nitrogen and oxygen atoms in total. The van der Waals surface area contributed by atoms with Crippen molar-refractivity contribution < 1.29 is 19.1 Å². The molecule has 2 bridgehead atoms. The highest BCUT2D eigenvalue weighted by atomic mass is 16.6. The van der Waals surface area contributed by atoms with Crippen LogP contribution in [0.5, 0.6) is 5.75 Å². The van der Waals surface area contributed by atoms with Gasteiger partial charge < -0.3 is 14.8 Å². The number of ether oxygens (including phenoxy) is 2. The van der Waals surface area contributed by atoms with E-state index in [1.807, 2.05) is 28.0 Å². The fraction of sp³-hybridized carbons (Fsp3) is 0.600. The lowest BCUT2D eigenvalue weighted by atomic mass is 9.51. The Morgan fingerprint density at radius 1 is 1.02 bits per heavy atom. The van der Waals surface area contributed by atoms with E-state index < -0.39 is 0 Å². The van der Waals surface area contributed by atoms with Crippen LogP contribution in [0.15, 0.2) is 48.9 Å². The molecule has 4 fully saturated rings. The summed E-state index contributed by atoms with van der Waals surface area (Å²) in [4.78, 5) is 33.8. The van der Waals surface area contributed by atoms with Crippen LogP contribution in [0, 0.1) is 18.3 Å². The van der Waals surface area contributed by atoms with Gasteiger partial charge in [0.1, 0.15) is 17.7 Å². The molecular formula is C40H55N5O4. The fourth-order valence-electron chi connectivity index (χ4n) is 8.47. The van der Waals surface area contributed by atoms with E-state index in [1.54, 1.807) is 7.11 Å². The molecule has 264 valence electrons. The van der Waals surface area contributed by atoms with Crippen molar-refractivity contribution in [3.63, 3.8) is 0 Å². The van der Waals surface area contributed by atoms with Crippen LogP contribution >= 0.6 is 0 Å². The van der Waals surface area contributed by atoms with E-state index in [0.717, 1.165) is 74.1 Å². The lowest BCUT2D eigenvalue weighted by Crippen LogP contribution is -2.52. The zero-order valence-corrected chi connectivity index (χ0v) is 30.2. The molecule has 3 aromatic rings. The van der Waals surface area contributed by atoms with Gasteiger partial charge in [-0.05, 0) is 137 Å². The third kappa shape index (κ3) is 7.65. The molecule has 0 saturated heterocycles. The first kappa shape index (κ1) is 35.0. The number of aromatic nitrogens is 3. The molecule has 4 aliphatic carbocycles. The number of methoxy groups -OCH3 is 1. The summed E-state index contributed by atoms with van der Waals surface area (Å²) in [6, 6.07) is 11.1. The number of carbonyl (C=O) groups is 2. The van der Waals surface area contributed by atoms with Gasteiger partial charge in [0, 0.05) is 43.0 Å². The quantitative estimate of drug-likeness (QED) is 0.194. The van der Waals surface area contributed by atoms with Gasteiger partial charge >= 0.3 is 6.09 Å². The Kier molecular flexibility index (Phi) is 10.7. The second-order valence-electron chi connectivity index (χ2n) is 15.3. The SMILES string of the molecule is CCCCNC(=O)OC1CCC(C(=O)N(CC23CCC(c4ccc(OC)c(C)c4)(CC2)CC3)c2cc(-c3cnn(C(C)C)c3)ccn2)CC1. The minimum atomic E-state index is -0.346. The predicted octanol–water partition coefficient (Wildman–Crippen LogP) is 8.55. The first-order valence-electron chi connectivity index (χ1n) is 18.6. The van der Waals surface area contributed by atoms with Gasteiger partial charge in [-0.3, -0.25) is 14.4 Å². The number of anilines is 1. The Balaban J connectivity index is 1.20. The van der Waals surface area contributed by atoms with Crippen LogP contribution < -0.4 is 15.0 Å². The zero-order chi connectivity index (χ0) is 34.6. The number of carbonyl (C=O) groups excluding carboxylic acids is 2. The molecule has 0 unspecified atom stereocenters.